The Morgan fingerprint density at radius 2 is 1.79 bits per heavy atom. The van der Waals surface area contributed by atoms with Crippen molar-refractivity contribution in [1.82, 2.24) is 4.57 Å². The van der Waals surface area contributed by atoms with E-state index >= 15 is 0 Å². The Labute approximate surface area is 201 Å². The summed E-state index contributed by atoms with van der Waals surface area (Å²) in [5.74, 6) is 0.896. The van der Waals surface area contributed by atoms with Crippen LogP contribution in [0.5, 0.6) is 11.5 Å². The van der Waals surface area contributed by atoms with Crippen LogP contribution in [0.25, 0.3) is 6.08 Å². The van der Waals surface area contributed by atoms with Gasteiger partial charge in [-0.15, -0.1) is 0 Å². The lowest BCUT2D eigenvalue weighted by Crippen LogP contribution is -2.40. The Morgan fingerprint density at radius 3 is 2.44 bits per heavy atom. The van der Waals surface area contributed by atoms with Crippen LogP contribution in [0, 0.1) is 0 Å². The number of hydrogen-bond acceptors (Lipinski definition) is 7. The zero-order chi connectivity index (χ0) is 24.4. The molecule has 0 radical (unpaired) electrons. The van der Waals surface area contributed by atoms with Crippen molar-refractivity contribution in [2.24, 2.45) is 4.99 Å². The van der Waals surface area contributed by atoms with Crippen molar-refractivity contribution in [3.05, 3.63) is 90.6 Å². The zero-order valence-electron chi connectivity index (χ0n) is 19.7. The van der Waals surface area contributed by atoms with E-state index in [9.17, 15) is 9.59 Å². The summed E-state index contributed by atoms with van der Waals surface area (Å²) in [7, 11) is 3.19. The maximum atomic E-state index is 13.6. The van der Waals surface area contributed by atoms with Crippen molar-refractivity contribution in [3.8, 4) is 11.5 Å². The second-order valence-electron chi connectivity index (χ2n) is 8.09. The predicted octanol–water partition coefficient (Wildman–Crippen LogP) is 3.20. The lowest BCUT2D eigenvalue weighted by atomic mass is 9.96. The largest absolute Gasteiger partial charge is 0.497 e. The molecule has 0 amide bonds. The van der Waals surface area contributed by atoms with E-state index in [4.69, 9.17) is 14.2 Å². The third kappa shape index (κ3) is 4.54. The van der Waals surface area contributed by atoms with E-state index in [2.05, 4.69) is 4.99 Å². The van der Waals surface area contributed by atoms with Gasteiger partial charge in [0.25, 0.3) is 5.56 Å². The summed E-state index contributed by atoms with van der Waals surface area (Å²) in [4.78, 5) is 31.9. The zero-order valence-corrected chi connectivity index (χ0v) is 20.5. The Kier molecular flexibility index (Phi) is 6.70. The lowest BCUT2D eigenvalue weighted by molar-refractivity contribution is -0.143. The van der Waals surface area contributed by atoms with Crippen LogP contribution in [-0.4, -0.2) is 30.9 Å². The second kappa shape index (κ2) is 9.69. The first-order chi connectivity index (χ1) is 16.3. The van der Waals surface area contributed by atoms with E-state index in [1.165, 1.54) is 11.3 Å². The number of hydrogen-bond donors (Lipinski definition) is 0. The van der Waals surface area contributed by atoms with Crippen LogP contribution in [0.15, 0.2) is 69.6 Å². The van der Waals surface area contributed by atoms with E-state index in [0.717, 1.165) is 11.1 Å². The molecule has 0 unspecified atom stereocenters. The van der Waals surface area contributed by atoms with Gasteiger partial charge in [0.1, 0.15) is 11.5 Å². The molecule has 0 spiro atoms. The van der Waals surface area contributed by atoms with E-state index < -0.39 is 12.0 Å². The fraction of sp³-hybridized carbons (Fsp3) is 0.269. The van der Waals surface area contributed by atoms with Gasteiger partial charge < -0.3 is 14.2 Å². The average molecular weight is 479 g/mol. The second-order valence-corrected chi connectivity index (χ2v) is 9.09. The molecule has 1 atom stereocenters. The standard InChI is InChI=1S/C26H26N2O5S/c1-15(2)33-25(30)22-16(3)27-26-28(23(22)18-9-11-19(31-4)12-10-18)24(29)21(34-26)14-17-7-6-8-20(13-17)32-5/h6-15,23H,1-5H3/b21-14+/t23-/m0/s1. The molecule has 1 aliphatic heterocycles. The van der Waals surface area contributed by atoms with Gasteiger partial charge in [-0.1, -0.05) is 35.6 Å². The van der Waals surface area contributed by atoms with E-state index in [1.54, 1.807) is 39.6 Å². The Hall–Kier alpha value is -3.65. The minimum absolute atomic E-state index is 0.227. The van der Waals surface area contributed by atoms with Crippen LogP contribution in [0.4, 0.5) is 0 Å². The number of carbonyl (C=O) groups is 1. The minimum atomic E-state index is -0.666. The number of aromatic nitrogens is 1. The number of methoxy groups -OCH3 is 2. The molecule has 2 heterocycles. The van der Waals surface area contributed by atoms with Gasteiger partial charge in [0.2, 0.25) is 0 Å². The molecule has 1 aliphatic rings. The number of thiazole rings is 1. The molecule has 0 saturated carbocycles. The molecule has 0 N–H and O–H groups in total. The summed E-state index contributed by atoms with van der Waals surface area (Å²) in [6, 6.07) is 14.1. The molecule has 4 rings (SSSR count). The molecule has 0 bridgehead atoms. The van der Waals surface area contributed by atoms with Crippen molar-refractivity contribution >= 4 is 23.4 Å². The van der Waals surface area contributed by atoms with Gasteiger partial charge in [0.15, 0.2) is 4.80 Å². The third-order valence-electron chi connectivity index (χ3n) is 5.41. The third-order valence-corrected chi connectivity index (χ3v) is 6.39. The molecule has 176 valence electrons. The normalized spacial score (nSPS) is 15.7. The number of benzene rings is 2. The summed E-state index contributed by atoms with van der Waals surface area (Å²) in [6.45, 7) is 5.35. The number of nitrogens with zero attached hydrogens (tertiary/aromatic N) is 2. The quantitative estimate of drug-likeness (QED) is 0.509. The molecule has 1 aromatic heterocycles. The fourth-order valence-corrected chi connectivity index (χ4v) is 4.89. The predicted molar refractivity (Wildman–Crippen MR) is 131 cm³/mol. The summed E-state index contributed by atoms with van der Waals surface area (Å²) < 4.78 is 18.2. The van der Waals surface area contributed by atoms with Gasteiger partial charge >= 0.3 is 5.97 Å². The van der Waals surface area contributed by atoms with Crippen molar-refractivity contribution in [1.29, 1.82) is 0 Å². The van der Waals surface area contributed by atoms with Crippen LogP contribution < -0.4 is 24.4 Å². The van der Waals surface area contributed by atoms with Gasteiger partial charge in [-0.3, -0.25) is 9.36 Å². The first kappa shape index (κ1) is 23.5. The van der Waals surface area contributed by atoms with Crippen molar-refractivity contribution in [2.75, 3.05) is 14.2 Å². The monoisotopic (exact) mass is 478 g/mol. The lowest BCUT2D eigenvalue weighted by Gasteiger charge is -2.25. The first-order valence-electron chi connectivity index (χ1n) is 10.8. The Balaban J connectivity index is 1.92. The van der Waals surface area contributed by atoms with Crippen molar-refractivity contribution in [3.63, 3.8) is 0 Å². The summed E-state index contributed by atoms with van der Waals surface area (Å²) in [5.41, 5.74) is 2.25. The highest BCUT2D eigenvalue weighted by Crippen LogP contribution is 2.31. The van der Waals surface area contributed by atoms with E-state index in [-0.39, 0.29) is 11.7 Å². The van der Waals surface area contributed by atoms with Gasteiger partial charge in [-0.2, -0.15) is 0 Å². The summed E-state index contributed by atoms with van der Waals surface area (Å²) >= 11 is 1.28. The van der Waals surface area contributed by atoms with Crippen molar-refractivity contribution in [2.45, 2.75) is 32.9 Å². The topological polar surface area (TPSA) is 79.1 Å². The van der Waals surface area contributed by atoms with Crippen LogP contribution >= 0.6 is 11.3 Å². The number of fused-ring (bicyclic) bond motifs is 1. The van der Waals surface area contributed by atoms with Gasteiger partial charge in [0, 0.05) is 0 Å². The molecule has 7 nitrogen and oxygen atoms in total. The number of carbonyl (C=O) groups excluding carboxylic acids is 1. The van der Waals surface area contributed by atoms with Crippen LogP contribution in [0.1, 0.15) is 37.9 Å². The molecular formula is C26H26N2O5S. The maximum absolute atomic E-state index is 13.6. The summed E-state index contributed by atoms with van der Waals surface area (Å²) in [5, 5.41) is 0. The van der Waals surface area contributed by atoms with Gasteiger partial charge in [0.05, 0.1) is 42.2 Å². The van der Waals surface area contributed by atoms with E-state index in [0.29, 0.717) is 32.1 Å². The minimum Gasteiger partial charge on any atom is -0.497 e. The molecule has 8 heteroatoms. The molecular weight excluding hydrogens is 452 g/mol. The van der Waals surface area contributed by atoms with Gasteiger partial charge in [-0.25, -0.2) is 9.79 Å². The van der Waals surface area contributed by atoms with Crippen LogP contribution in [0.3, 0.4) is 0 Å². The average Bonchev–Trinajstić information content (AvgIpc) is 3.12. The SMILES string of the molecule is COc1ccc([C@H]2C(C(=O)OC(C)C)=C(C)N=c3s/c(=C/c4cccc(OC)c4)c(=O)n32)cc1. The molecule has 34 heavy (non-hydrogen) atoms. The molecule has 0 fully saturated rings. The smallest absolute Gasteiger partial charge is 0.338 e. The summed E-state index contributed by atoms with van der Waals surface area (Å²) in [6.07, 6.45) is 1.50. The number of ether oxygens (including phenoxy) is 3. The molecule has 0 aliphatic carbocycles. The highest BCUT2D eigenvalue weighted by atomic mass is 32.1. The molecule has 0 saturated heterocycles. The Morgan fingerprint density at radius 1 is 1.09 bits per heavy atom. The highest BCUT2D eigenvalue weighted by Gasteiger charge is 2.33. The number of rotatable bonds is 6. The Bertz CT molecular complexity index is 1430. The van der Waals surface area contributed by atoms with Gasteiger partial charge in [-0.05, 0) is 62.2 Å². The first-order valence-corrected chi connectivity index (χ1v) is 11.7. The molecule has 2 aromatic carbocycles. The van der Waals surface area contributed by atoms with Crippen molar-refractivity contribution < 1.29 is 19.0 Å². The number of esters is 1. The highest BCUT2D eigenvalue weighted by molar-refractivity contribution is 7.07. The van der Waals surface area contributed by atoms with Crippen LogP contribution in [0.2, 0.25) is 0 Å². The number of allylic oxidation sites excluding steroid dienone is 1. The fourth-order valence-electron chi connectivity index (χ4n) is 3.84. The molecule has 3 aromatic rings. The van der Waals surface area contributed by atoms with E-state index in [1.807, 2.05) is 54.6 Å². The van der Waals surface area contributed by atoms with Crippen LogP contribution in [-0.2, 0) is 9.53 Å². The maximum Gasteiger partial charge on any atom is 0.338 e.